The number of sulfonamides is 1. The van der Waals surface area contributed by atoms with Crippen molar-refractivity contribution < 1.29 is 13.3 Å². The van der Waals surface area contributed by atoms with Crippen molar-refractivity contribution in [2.45, 2.75) is 18.7 Å². The molecular weight excluding hydrogens is 310 g/mol. The smallest absolute Gasteiger partial charge is 0.267 e. The van der Waals surface area contributed by atoms with E-state index < -0.39 is 25.5 Å². The van der Waals surface area contributed by atoms with E-state index >= 15 is 0 Å². The summed E-state index contributed by atoms with van der Waals surface area (Å²) in [6.07, 6.45) is 0.922. The Labute approximate surface area is 126 Å². The summed E-state index contributed by atoms with van der Waals surface area (Å²) >= 11 is 0. The molecule has 1 aromatic carbocycles. The molecule has 9 nitrogen and oxygen atoms in total. The van der Waals surface area contributed by atoms with Gasteiger partial charge < -0.3 is 0 Å². The van der Waals surface area contributed by atoms with Gasteiger partial charge in [0, 0.05) is 6.07 Å². The zero-order valence-electron chi connectivity index (χ0n) is 11.8. The van der Waals surface area contributed by atoms with Gasteiger partial charge in [0.05, 0.1) is 16.3 Å². The first-order chi connectivity index (χ1) is 10.3. The number of aryl methyl sites for hydroxylation is 2. The van der Waals surface area contributed by atoms with Crippen molar-refractivity contribution in [3.05, 3.63) is 51.8 Å². The van der Waals surface area contributed by atoms with Crippen molar-refractivity contribution in [2.24, 2.45) is 4.40 Å². The van der Waals surface area contributed by atoms with Crippen molar-refractivity contribution in [3.8, 4) is 0 Å². The van der Waals surface area contributed by atoms with Gasteiger partial charge in [-0.05, 0) is 26.0 Å². The van der Waals surface area contributed by atoms with Crippen molar-refractivity contribution >= 4 is 22.0 Å². The van der Waals surface area contributed by atoms with Gasteiger partial charge in [0.2, 0.25) is 0 Å². The zero-order chi connectivity index (χ0) is 16.3. The van der Waals surface area contributed by atoms with Crippen LogP contribution in [-0.4, -0.2) is 29.6 Å². The molecule has 0 aliphatic carbocycles. The molecule has 0 aliphatic heterocycles. The monoisotopic (exact) mass is 323 g/mol. The summed E-state index contributed by atoms with van der Waals surface area (Å²) in [5.74, 6) is 0. The predicted molar refractivity (Wildman–Crippen MR) is 79.8 cm³/mol. The number of benzene rings is 1. The number of nitrogens with one attached hydrogen (secondary N) is 1. The fourth-order valence-corrected chi connectivity index (χ4v) is 2.75. The van der Waals surface area contributed by atoms with E-state index in [9.17, 15) is 18.5 Å². The average molecular weight is 323 g/mol. The van der Waals surface area contributed by atoms with Gasteiger partial charge in [0.25, 0.3) is 15.7 Å². The summed E-state index contributed by atoms with van der Waals surface area (Å²) in [5.41, 5.74) is 3.56. The lowest BCUT2D eigenvalue weighted by atomic mass is 10.3. The number of para-hydroxylation sites is 1. The topological polar surface area (TPSA) is 119 Å². The number of hydrogen-bond donors (Lipinski definition) is 1. The van der Waals surface area contributed by atoms with E-state index in [1.54, 1.807) is 19.9 Å². The summed E-state index contributed by atoms with van der Waals surface area (Å²) in [4.78, 5) is 11.0. The molecule has 1 N–H and O–H groups in total. The van der Waals surface area contributed by atoms with Crippen LogP contribution in [-0.2, 0) is 10.0 Å². The maximum absolute atomic E-state index is 12.1. The van der Waals surface area contributed by atoms with Crippen LogP contribution in [0.3, 0.4) is 0 Å². The molecule has 1 heterocycles. The summed E-state index contributed by atoms with van der Waals surface area (Å²) in [5, 5.41) is 14.9. The third-order valence-electron chi connectivity index (χ3n) is 2.72. The van der Waals surface area contributed by atoms with E-state index in [-0.39, 0.29) is 0 Å². The first kappa shape index (κ1) is 15.6. The van der Waals surface area contributed by atoms with Crippen LogP contribution in [0.25, 0.3) is 0 Å². The van der Waals surface area contributed by atoms with Crippen LogP contribution in [0.5, 0.6) is 0 Å². The lowest BCUT2D eigenvalue weighted by Crippen LogP contribution is -2.16. The predicted octanol–water partition coefficient (Wildman–Crippen LogP) is 1.37. The summed E-state index contributed by atoms with van der Waals surface area (Å²) in [6.45, 7) is 3.56. The Morgan fingerprint density at radius 1 is 1.36 bits per heavy atom. The molecule has 10 heteroatoms. The van der Waals surface area contributed by atoms with Gasteiger partial charge in [-0.15, -0.1) is 4.40 Å². The Balaban J connectivity index is 2.27. The minimum atomic E-state index is -4.19. The van der Waals surface area contributed by atoms with Gasteiger partial charge in [-0.2, -0.15) is 18.3 Å². The first-order valence-corrected chi connectivity index (χ1v) is 7.57. The highest BCUT2D eigenvalue weighted by atomic mass is 32.2. The molecule has 0 atom stereocenters. The SMILES string of the molecule is Cc1cc(C)n(NC=NS(=O)(=O)c2ccccc2[N+](=O)[O-])n1. The third-order valence-corrected chi connectivity index (χ3v) is 4.00. The fourth-order valence-electron chi connectivity index (χ4n) is 1.79. The van der Waals surface area contributed by atoms with Crippen LogP contribution in [0.2, 0.25) is 0 Å². The van der Waals surface area contributed by atoms with Gasteiger partial charge in [-0.3, -0.25) is 15.5 Å². The maximum Gasteiger partial charge on any atom is 0.290 e. The normalized spacial score (nSPS) is 11.7. The molecule has 0 spiro atoms. The van der Waals surface area contributed by atoms with Gasteiger partial charge in [-0.1, -0.05) is 12.1 Å². The van der Waals surface area contributed by atoms with Crippen LogP contribution in [0.4, 0.5) is 5.69 Å². The summed E-state index contributed by atoms with van der Waals surface area (Å²) in [7, 11) is -4.19. The van der Waals surface area contributed by atoms with Crippen LogP contribution in [0.15, 0.2) is 39.6 Å². The minimum absolute atomic E-state index is 0.466. The molecule has 0 unspecified atom stereocenters. The molecule has 2 rings (SSSR count). The number of hydrogen-bond acceptors (Lipinski definition) is 5. The van der Waals surface area contributed by atoms with Gasteiger partial charge in [-0.25, -0.2) is 0 Å². The standard InChI is InChI=1S/C12H13N5O4S/c1-9-7-10(2)16(15-9)13-8-14-22(20,21)12-6-4-3-5-11(12)17(18)19/h3-8H,1-2H3,(H,13,14). The van der Waals surface area contributed by atoms with Crippen molar-refractivity contribution in [2.75, 3.05) is 5.43 Å². The van der Waals surface area contributed by atoms with Gasteiger partial charge in [0.15, 0.2) is 4.90 Å². The number of nitro benzene ring substituents is 1. The lowest BCUT2D eigenvalue weighted by Gasteiger charge is -2.03. The Morgan fingerprint density at radius 3 is 2.64 bits per heavy atom. The van der Waals surface area contributed by atoms with Crippen molar-refractivity contribution in [1.82, 2.24) is 9.89 Å². The molecule has 2 aromatic rings. The highest BCUT2D eigenvalue weighted by Crippen LogP contribution is 2.24. The number of nitro groups is 1. The van der Waals surface area contributed by atoms with Gasteiger partial charge >= 0.3 is 0 Å². The van der Waals surface area contributed by atoms with Crippen molar-refractivity contribution in [1.29, 1.82) is 0 Å². The van der Waals surface area contributed by atoms with E-state index in [4.69, 9.17) is 0 Å². The molecule has 0 saturated heterocycles. The maximum atomic E-state index is 12.1. The molecule has 1 aromatic heterocycles. The molecule has 0 radical (unpaired) electrons. The van der Waals surface area contributed by atoms with E-state index in [1.807, 2.05) is 0 Å². The highest BCUT2D eigenvalue weighted by Gasteiger charge is 2.24. The molecule has 0 amide bonds. The van der Waals surface area contributed by atoms with Crippen LogP contribution in [0, 0.1) is 24.0 Å². The van der Waals surface area contributed by atoms with Crippen LogP contribution in [0.1, 0.15) is 11.4 Å². The Morgan fingerprint density at radius 2 is 2.05 bits per heavy atom. The number of rotatable bonds is 5. The zero-order valence-corrected chi connectivity index (χ0v) is 12.6. The second kappa shape index (κ2) is 5.93. The third kappa shape index (κ3) is 3.28. The molecule has 0 saturated carbocycles. The lowest BCUT2D eigenvalue weighted by molar-refractivity contribution is -0.387. The molecule has 0 aliphatic rings. The van der Waals surface area contributed by atoms with E-state index in [0.717, 1.165) is 29.9 Å². The fraction of sp³-hybridized carbons (Fsp3) is 0.167. The summed E-state index contributed by atoms with van der Waals surface area (Å²) < 4.78 is 27.5. The molecule has 22 heavy (non-hydrogen) atoms. The van der Waals surface area contributed by atoms with Gasteiger partial charge in [0.1, 0.15) is 6.34 Å². The minimum Gasteiger partial charge on any atom is -0.267 e. The Kier molecular flexibility index (Phi) is 4.22. The molecular formula is C12H13N5O4S. The number of aromatic nitrogens is 2. The second-order valence-electron chi connectivity index (χ2n) is 4.40. The quantitative estimate of drug-likeness (QED) is 0.384. The van der Waals surface area contributed by atoms with E-state index in [2.05, 4.69) is 14.9 Å². The molecule has 116 valence electrons. The highest BCUT2D eigenvalue weighted by molar-refractivity contribution is 7.90. The summed E-state index contributed by atoms with van der Waals surface area (Å²) in [6, 6.07) is 6.81. The largest absolute Gasteiger partial charge is 0.290 e. The van der Waals surface area contributed by atoms with E-state index in [0.29, 0.717) is 0 Å². The van der Waals surface area contributed by atoms with Crippen LogP contribution < -0.4 is 5.43 Å². The molecule has 0 bridgehead atoms. The Bertz CT molecular complexity index is 841. The Hall–Kier alpha value is -2.75. The van der Waals surface area contributed by atoms with E-state index in [1.165, 1.54) is 16.9 Å². The average Bonchev–Trinajstić information content (AvgIpc) is 2.77. The van der Waals surface area contributed by atoms with Crippen LogP contribution >= 0.6 is 0 Å². The number of nitrogens with zero attached hydrogens (tertiary/aromatic N) is 4. The first-order valence-electron chi connectivity index (χ1n) is 6.13. The molecule has 0 fully saturated rings. The second-order valence-corrected chi connectivity index (χ2v) is 6.00. The van der Waals surface area contributed by atoms with Crippen molar-refractivity contribution in [3.63, 3.8) is 0 Å².